The number of rotatable bonds is 3. The van der Waals surface area contributed by atoms with Crippen LogP contribution in [0.4, 0.5) is 5.82 Å². The molecule has 1 aliphatic rings. The van der Waals surface area contributed by atoms with Crippen LogP contribution in [0.15, 0.2) is 73.3 Å². The maximum atomic E-state index is 4.80. The standard InChI is InChI=1S/C27H26N6/c1-19-7-9-24(23-6-4-3-5-22(19)23)25-17-30-33-18-21(16-29-27(25)33)20-8-10-26(28-15-20)32-13-11-31(2)12-14-32/h3-10,15-18H,11-14H2,1-2H3. The molecule has 4 heterocycles. The Morgan fingerprint density at radius 3 is 2.30 bits per heavy atom. The van der Waals surface area contributed by atoms with Gasteiger partial charge in [0.2, 0.25) is 0 Å². The van der Waals surface area contributed by atoms with Crippen molar-refractivity contribution in [2.75, 3.05) is 38.1 Å². The van der Waals surface area contributed by atoms with Crippen molar-refractivity contribution in [3.63, 3.8) is 0 Å². The van der Waals surface area contributed by atoms with E-state index in [4.69, 9.17) is 9.97 Å². The van der Waals surface area contributed by atoms with Crippen molar-refractivity contribution in [1.82, 2.24) is 24.5 Å². The molecule has 0 bridgehead atoms. The molecule has 1 aliphatic heterocycles. The third-order valence-electron chi connectivity index (χ3n) is 6.70. The van der Waals surface area contributed by atoms with Crippen LogP contribution < -0.4 is 4.90 Å². The Labute approximate surface area is 193 Å². The average Bonchev–Trinajstić information content (AvgIpc) is 3.28. The monoisotopic (exact) mass is 434 g/mol. The van der Waals surface area contributed by atoms with Crippen LogP contribution in [0, 0.1) is 6.92 Å². The summed E-state index contributed by atoms with van der Waals surface area (Å²) in [6.07, 6.45) is 7.81. The number of hydrogen-bond acceptors (Lipinski definition) is 5. The highest BCUT2D eigenvalue weighted by molar-refractivity contribution is 6.01. The van der Waals surface area contributed by atoms with E-state index in [0.29, 0.717) is 0 Å². The molecule has 0 unspecified atom stereocenters. The van der Waals surface area contributed by atoms with Gasteiger partial charge in [-0.05, 0) is 48.0 Å². The molecule has 0 aliphatic carbocycles. The van der Waals surface area contributed by atoms with Crippen molar-refractivity contribution in [2.45, 2.75) is 6.92 Å². The maximum absolute atomic E-state index is 4.80. The highest BCUT2D eigenvalue weighted by atomic mass is 15.3. The van der Waals surface area contributed by atoms with Crippen molar-refractivity contribution < 1.29 is 0 Å². The first-order valence-corrected chi connectivity index (χ1v) is 11.4. The quantitative estimate of drug-likeness (QED) is 0.413. The fourth-order valence-electron chi connectivity index (χ4n) is 4.68. The van der Waals surface area contributed by atoms with Crippen LogP contribution in [-0.4, -0.2) is 57.7 Å². The zero-order valence-corrected chi connectivity index (χ0v) is 18.9. The van der Waals surface area contributed by atoms with Gasteiger partial charge < -0.3 is 9.80 Å². The summed E-state index contributed by atoms with van der Waals surface area (Å²) in [5.41, 5.74) is 6.37. The summed E-state index contributed by atoms with van der Waals surface area (Å²) < 4.78 is 1.87. The maximum Gasteiger partial charge on any atom is 0.162 e. The van der Waals surface area contributed by atoms with E-state index < -0.39 is 0 Å². The number of aryl methyl sites for hydroxylation is 1. The van der Waals surface area contributed by atoms with E-state index in [1.165, 1.54) is 16.3 Å². The van der Waals surface area contributed by atoms with Gasteiger partial charge in [0.1, 0.15) is 5.82 Å². The Morgan fingerprint density at radius 1 is 0.727 bits per heavy atom. The van der Waals surface area contributed by atoms with Gasteiger partial charge in [0, 0.05) is 61.5 Å². The minimum atomic E-state index is 0.856. The Bertz CT molecular complexity index is 1450. The lowest BCUT2D eigenvalue weighted by Crippen LogP contribution is -2.44. The lowest BCUT2D eigenvalue weighted by molar-refractivity contribution is 0.312. The molecule has 164 valence electrons. The molecule has 1 fully saturated rings. The molecule has 6 rings (SSSR count). The van der Waals surface area contributed by atoms with Crippen molar-refractivity contribution in [1.29, 1.82) is 0 Å². The first-order chi connectivity index (χ1) is 16.2. The summed E-state index contributed by atoms with van der Waals surface area (Å²) in [7, 11) is 2.17. The van der Waals surface area contributed by atoms with Gasteiger partial charge in [0.25, 0.3) is 0 Å². The fraction of sp³-hybridized carbons (Fsp3) is 0.222. The number of pyridine rings is 1. The van der Waals surface area contributed by atoms with E-state index in [1.54, 1.807) is 0 Å². The van der Waals surface area contributed by atoms with Crippen LogP contribution in [0.2, 0.25) is 0 Å². The zero-order chi connectivity index (χ0) is 22.4. The average molecular weight is 435 g/mol. The number of hydrogen-bond donors (Lipinski definition) is 0. The number of aromatic nitrogens is 4. The van der Waals surface area contributed by atoms with Crippen LogP contribution in [0.3, 0.4) is 0 Å². The van der Waals surface area contributed by atoms with E-state index in [1.807, 2.05) is 29.3 Å². The van der Waals surface area contributed by atoms with Crippen molar-refractivity contribution in [3.8, 4) is 22.3 Å². The third kappa shape index (κ3) is 3.52. The molecule has 6 heteroatoms. The number of nitrogens with zero attached hydrogens (tertiary/aromatic N) is 6. The summed E-state index contributed by atoms with van der Waals surface area (Å²) >= 11 is 0. The number of piperazine rings is 1. The number of benzene rings is 2. The summed E-state index contributed by atoms with van der Waals surface area (Å²) in [5.74, 6) is 1.04. The lowest BCUT2D eigenvalue weighted by atomic mass is 9.97. The van der Waals surface area contributed by atoms with Crippen LogP contribution in [0.25, 0.3) is 38.7 Å². The van der Waals surface area contributed by atoms with Crippen LogP contribution in [0.1, 0.15) is 5.56 Å². The van der Waals surface area contributed by atoms with E-state index in [2.05, 4.69) is 77.4 Å². The smallest absolute Gasteiger partial charge is 0.162 e. The predicted molar refractivity (Wildman–Crippen MR) is 134 cm³/mol. The SMILES string of the molecule is Cc1ccc(-c2cnn3cc(-c4ccc(N5CCN(C)CC5)nc4)cnc23)c2ccccc12. The summed E-state index contributed by atoms with van der Waals surface area (Å²) in [5, 5.41) is 7.12. The normalized spacial score (nSPS) is 14.9. The second-order valence-corrected chi connectivity index (χ2v) is 8.84. The van der Waals surface area contributed by atoms with Gasteiger partial charge in [0.05, 0.1) is 6.20 Å². The van der Waals surface area contributed by atoms with Crippen molar-refractivity contribution >= 4 is 22.2 Å². The first kappa shape index (κ1) is 19.9. The van der Waals surface area contributed by atoms with Gasteiger partial charge in [-0.3, -0.25) is 0 Å². The first-order valence-electron chi connectivity index (χ1n) is 11.4. The molecule has 0 radical (unpaired) electrons. The molecule has 0 saturated carbocycles. The Hall–Kier alpha value is -3.77. The number of anilines is 1. The van der Waals surface area contributed by atoms with Gasteiger partial charge in [0.15, 0.2) is 5.65 Å². The topological polar surface area (TPSA) is 49.6 Å². The molecular weight excluding hydrogens is 408 g/mol. The van der Waals surface area contributed by atoms with Gasteiger partial charge in [-0.15, -0.1) is 0 Å². The fourth-order valence-corrected chi connectivity index (χ4v) is 4.68. The molecule has 0 N–H and O–H groups in total. The third-order valence-corrected chi connectivity index (χ3v) is 6.70. The predicted octanol–water partition coefficient (Wildman–Crippen LogP) is 4.67. The lowest BCUT2D eigenvalue weighted by Gasteiger charge is -2.33. The highest BCUT2D eigenvalue weighted by Gasteiger charge is 2.16. The second kappa shape index (κ2) is 7.98. The van der Waals surface area contributed by atoms with Gasteiger partial charge >= 0.3 is 0 Å². The number of likely N-dealkylation sites (N-methyl/N-ethyl adjacent to an activating group) is 1. The molecule has 3 aromatic heterocycles. The molecule has 33 heavy (non-hydrogen) atoms. The molecule has 2 aromatic carbocycles. The van der Waals surface area contributed by atoms with Crippen LogP contribution in [-0.2, 0) is 0 Å². The minimum Gasteiger partial charge on any atom is -0.354 e. The second-order valence-electron chi connectivity index (χ2n) is 8.84. The Morgan fingerprint density at radius 2 is 1.52 bits per heavy atom. The van der Waals surface area contributed by atoms with Gasteiger partial charge in [-0.25, -0.2) is 14.5 Å². The van der Waals surface area contributed by atoms with Crippen molar-refractivity contribution in [3.05, 3.63) is 78.9 Å². The molecule has 6 nitrogen and oxygen atoms in total. The molecule has 5 aromatic rings. The zero-order valence-electron chi connectivity index (χ0n) is 18.9. The minimum absolute atomic E-state index is 0.856. The van der Waals surface area contributed by atoms with E-state index in [9.17, 15) is 0 Å². The summed E-state index contributed by atoms with van der Waals surface area (Å²) in [6, 6.07) is 17.1. The van der Waals surface area contributed by atoms with Crippen LogP contribution >= 0.6 is 0 Å². The largest absolute Gasteiger partial charge is 0.354 e. The van der Waals surface area contributed by atoms with Crippen LogP contribution in [0.5, 0.6) is 0 Å². The van der Waals surface area contributed by atoms with Crippen molar-refractivity contribution in [2.24, 2.45) is 0 Å². The van der Waals surface area contributed by atoms with Gasteiger partial charge in [-0.1, -0.05) is 36.4 Å². The molecular formula is C27H26N6. The van der Waals surface area contributed by atoms with Gasteiger partial charge in [-0.2, -0.15) is 5.10 Å². The van der Waals surface area contributed by atoms with E-state index in [0.717, 1.165) is 59.9 Å². The van der Waals surface area contributed by atoms with E-state index >= 15 is 0 Å². The Balaban J connectivity index is 1.33. The molecule has 1 saturated heterocycles. The number of fused-ring (bicyclic) bond motifs is 2. The summed E-state index contributed by atoms with van der Waals surface area (Å²) in [4.78, 5) is 14.2. The Kier molecular flexibility index (Phi) is 4.80. The molecule has 0 amide bonds. The highest BCUT2D eigenvalue weighted by Crippen LogP contribution is 2.33. The van der Waals surface area contributed by atoms with E-state index in [-0.39, 0.29) is 0 Å². The molecule has 0 atom stereocenters. The summed E-state index contributed by atoms with van der Waals surface area (Å²) in [6.45, 7) is 6.32. The molecule has 0 spiro atoms.